The second-order valence-corrected chi connectivity index (χ2v) is 6.29. The van der Waals surface area contributed by atoms with Crippen LogP contribution in [0.15, 0.2) is 24.3 Å². The van der Waals surface area contributed by atoms with Crippen molar-refractivity contribution in [2.75, 3.05) is 12.3 Å². The zero-order valence-corrected chi connectivity index (χ0v) is 11.8. The number of hydrogen-bond donors (Lipinski definition) is 2. The Labute approximate surface area is 112 Å². The fraction of sp³-hybridized carbons (Fsp3) is 0.417. The summed E-state index contributed by atoms with van der Waals surface area (Å²) < 4.78 is 23.8. The fourth-order valence-electron chi connectivity index (χ4n) is 2.06. The summed E-state index contributed by atoms with van der Waals surface area (Å²) in [7, 11) is -1.48. The molecular formula is C12H18N4O2S. The van der Waals surface area contributed by atoms with Crippen LogP contribution in [0.5, 0.6) is 0 Å². The molecule has 0 aliphatic rings. The molecule has 2 aromatic rings. The highest BCUT2D eigenvalue weighted by Crippen LogP contribution is 2.18. The molecule has 0 saturated carbocycles. The van der Waals surface area contributed by atoms with E-state index < -0.39 is 10.0 Å². The monoisotopic (exact) mass is 282 g/mol. The van der Waals surface area contributed by atoms with Gasteiger partial charge >= 0.3 is 0 Å². The van der Waals surface area contributed by atoms with Gasteiger partial charge in [0.1, 0.15) is 5.82 Å². The molecule has 0 saturated heterocycles. The van der Waals surface area contributed by atoms with Gasteiger partial charge in [0.15, 0.2) is 0 Å². The molecule has 1 unspecified atom stereocenters. The Bertz CT molecular complexity index is 678. The molecule has 104 valence electrons. The molecule has 1 atom stereocenters. The largest absolute Gasteiger partial charge is 0.330 e. The molecule has 2 rings (SSSR count). The van der Waals surface area contributed by atoms with Crippen molar-refractivity contribution in [2.45, 2.75) is 13.0 Å². The van der Waals surface area contributed by atoms with Crippen molar-refractivity contribution < 1.29 is 8.42 Å². The second-order valence-electron chi connectivity index (χ2n) is 4.56. The molecule has 1 aromatic carbocycles. The average molecular weight is 282 g/mol. The number of nitrogens with one attached hydrogen (secondary N) is 1. The quantitative estimate of drug-likeness (QED) is 0.836. The molecule has 0 aliphatic carbocycles. The Hall–Kier alpha value is -1.44. The first-order chi connectivity index (χ1) is 8.88. The molecule has 1 aromatic heterocycles. The van der Waals surface area contributed by atoms with Crippen LogP contribution >= 0.6 is 0 Å². The number of benzene rings is 1. The van der Waals surface area contributed by atoms with E-state index in [9.17, 15) is 8.42 Å². The van der Waals surface area contributed by atoms with Gasteiger partial charge in [0, 0.05) is 13.6 Å². The summed E-state index contributed by atoms with van der Waals surface area (Å²) in [5.74, 6) is 0.789. The fourth-order valence-corrected chi connectivity index (χ4v) is 2.46. The van der Waals surface area contributed by atoms with Crippen molar-refractivity contribution in [1.82, 2.24) is 14.9 Å². The highest BCUT2D eigenvalue weighted by molar-refractivity contribution is 7.89. The Morgan fingerprint density at radius 3 is 2.74 bits per heavy atom. The van der Waals surface area contributed by atoms with Gasteiger partial charge in [0.2, 0.25) is 10.0 Å². The van der Waals surface area contributed by atoms with Gasteiger partial charge in [-0.3, -0.25) is 0 Å². The third-order valence-electron chi connectivity index (χ3n) is 3.05. The van der Waals surface area contributed by atoms with Crippen LogP contribution in [0.1, 0.15) is 18.8 Å². The van der Waals surface area contributed by atoms with Gasteiger partial charge in [-0.05, 0) is 19.1 Å². The number of aromatic nitrogens is 2. The topological polar surface area (TPSA) is 90.0 Å². The number of hydrogen-bond acceptors (Lipinski definition) is 4. The molecular weight excluding hydrogens is 264 g/mol. The molecule has 1 heterocycles. The van der Waals surface area contributed by atoms with Crippen molar-refractivity contribution in [3.63, 3.8) is 0 Å². The molecule has 0 spiro atoms. The standard InChI is InChI=1S/C12H18N4O2S/c1-9(14-7-8-19(13,17)18)12-15-10-5-3-4-6-11(10)16(12)2/h3-6,9,14H,7-8H2,1-2H3,(H2,13,17,18). The summed E-state index contributed by atoms with van der Waals surface area (Å²) in [6.45, 7) is 2.26. The molecule has 0 fully saturated rings. The number of nitrogens with zero attached hydrogens (tertiary/aromatic N) is 2. The predicted molar refractivity (Wildman–Crippen MR) is 75.1 cm³/mol. The lowest BCUT2D eigenvalue weighted by Crippen LogP contribution is -2.30. The molecule has 6 nitrogen and oxygen atoms in total. The summed E-state index contributed by atoms with van der Waals surface area (Å²) in [6.07, 6.45) is 0. The Morgan fingerprint density at radius 2 is 2.11 bits per heavy atom. The predicted octanol–water partition coefficient (Wildman–Crippen LogP) is 0.512. The molecule has 3 N–H and O–H groups in total. The Kier molecular flexibility index (Phi) is 3.88. The van der Waals surface area contributed by atoms with E-state index in [1.54, 1.807) is 0 Å². The minimum absolute atomic E-state index is 0.0425. The highest BCUT2D eigenvalue weighted by Gasteiger charge is 2.14. The van der Waals surface area contributed by atoms with Gasteiger partial charge in [-0.15, -0.1) is 0 Å². The summed E-state index contributed by atoms with van der Waals surface area (Å²) in [6, 6.07) is 7.82. The van der Waals surface area contributed by atoms with E-state index in [2.05, 4.69) is 10.3 Å². The number of imidazole rings is 1. The van der Waals surface area contributed by atoms with Crippen LogP contribution in [0.4, 0.5) is 0 Å². The van der Waals surface area contributed by atoms with Gasteiger partial charge in [-0.1, -0.05) is 12.1 Å². The number of fused-ring (bicyclic) bond motifs is 1. The van der Waals surface area contributed by atoms with Crippen LogP contribution in [0, 0.1) is 0 Å². The second kappa shape index (κ2) is 5.28. The maximum absolute atomic E-state index is 10.9. The molecule has 0 bridgehead atoms. The van der Waals surface area contributed by atoms with E-state index in [0.717, 1.165) is 16.9 Å². The SMILES string of the molecule is CC(NCCS(N)(=O)=O)c1nc2ccccc2n1C. The first kappa shape index (κ1) is 14.0. The van der Waals surface area contributed by atoms with Crippen LogP contribution in [0.25, 0.3) is 11.0 Å². The third kappa shape index (κ3) is 3.31. The van der Waals surface area contributed by atoms with E-state index in [1.807, 2.05) is 42.8 Å². The van der Waals surface area contributed by atoms with E-state index in [4.69, 9.17) is 5.14 Å². The van der Waals surface area contributed by atoms with Crippen molar-refractivity contribution in [2.24, 2.45) is 12.2 Å². The number of rotatable bonds is 5. The molecule has 7 heteroatoms. The maximum atomic E-state index is 10.9. The van der Waals surface area contributed by atoms with Crippen LogP contribution < -0.4 is 10.5 Å². The van der Waals surface area contributed by atoms with Gasteiger partial charge in [-0.2, -0.15) is 0 Å². The first-order valence-electron chi connectivity index (χ1n) is 6.03. The smallest absolute Gasteiger partial charge is 0.210 e. The minimum atomic E-state index is -3.43. The van der Waals surface area contributed by atoms with E-state index in [-0.39, 0.29) is 11.8 Å². The zero-order valence-electron chi connectivity index (χ0n) is 11.0. The lowest BCUT2D eigenvalue weighted by atomic mass is 10.3. The summed E-state index contributed by atoms with van der Waals surface area (Å²) in [5, 5.41) is 8.08. The summed E-state index contributed by atoms with van der Waals surface area (Å²) in [4.78, 5) is 4.55. The van der Waals surface area contributed by atoms with Crippen molar-refractivity contribution >= 4 is 21.1 Å². The van der Waals surface area contributed by atoms with Gasteiger partial charge in [0.05, 0.1) is 22.8 Å². The van der Waals surface area contributed by atoms with Gasteiger partial charge in [0.25, 0.3) is 0 Å². The third-order valence-corrected chi connectivity index (χ3v) is 3.82. The number of sulfonamides is 1. The van der Waals surface area contributed by atoms with Crippen LogP contribution in [-0.4, -0.2) is 30.3 Å². The molecule has 19 heavy (non-hydrogen) atoms. The number of nitrogens with two attached hydrogens (primary N) is 1. The van der Waals surface area contributed by atoms with Crippen LogP contribution in [-0.2, 0) is 17.1 Å². The lowest BCUT2D eigenvalue weighted by Gasteiger charge is -2.13. The molecule has 0 radical (unpaired) electrons. The highest BCUT2D eigenvalue weighted by atomic mass is 32.2. The minimum Gasteiger partial charge on any atom is -0.330 e. The normalized spacial score (nSPS) is 13.8. The maximum Gasteiger partial charge on any atom is 0.210 e. The van der Waals surface area contributed by atoms with Crippen molar-refractivity contribution in [1.29, 1.82) is 0 Å². The molecule has 0 aliphatic heterocycles. The summed E-state index contributed by atoms with van der Waals surface area (Å²) in [5.41, 5.74) is 1.98. The van der Waals surface area contributed by atoms with Gasteiger partial charge < -0.3 is 9.88 Å². The Morgan fingerprint density at radius 1 is 1.42 bits per heavy atom. The van der Waals surface area contributed by atoms with Gasteiger partial charge in [-0.25, -0.2) is 18.5 Å². The van der Waals surface area contributed by atoms with E-state index >= 15 is 0 Å². The van der Waals surface area contributed by atoms with Crippen LogP contribution in [0.3, 0.4) is 0 Å². The average Bonchev–Trinajstić information content (AvgIpc) is 2.66. The summed E-state index contributed by atoms with van der Waals surface area (Å²) >= 11 is 0. The lowest BCUT2D eigenvalue weighted by molar-refractivity contribution is 0.544. The number of para-hydroxylation sites is 2. The zero-order chi connectivity index (χ0) is 14.0. The first-order valence-corrected chi connectivity index (χ1v) is 7.75. The van der Waals surface area contributed by atoms with E-state index in [0.29, 0.717) is 6.54 Å². The van der Waals surface area contributed by atoms with Crippen LogP contribution in [0.2, 0.25) is 0 Å². The molecule has 0 amide bonds. The Balaban J connectivity index is 2.13. The van der Waals surface area contributed by atoms with Crippen molar-refractivity contribution in [3.05, 3.63) is 30.1 Å². The van der Waals surface area contributed by atoms with Crippen molar-refractivity contribution in [3.8, 4) is 0 Å². The number of primary sulfonamides is 1. The number of aryl methyl sites for hydroxylation is 1. The van der Waals surface area contributed by atoms with E-state index in [1.165, 1.54) is 0 Å².